The highest BCUT2D eigenvalue weighted by molar-refractivity contribution is 5.48. The number of aryl methyl sites for hydroxylation is 1. The van der Waals surface area contributed by atoms with E-state index >= 15 is 0 Å². The molecule has 1 unspecified atom stereocenters. The Labute approximate surface area is 106 Å². The quantitative estimate of drug-likeness (QED) is 0.811. The van der Waals surface area contributed by atoms with Crippen LogP contribution in [-0.2, 0) is 11.8 Å². The van der Waals surface area contributed by atoms with Crippen molar-refractivity contribution in [1.82, 2.24) is 0 Å². The van der Waals surface area contributed by atoms with E-state index in [1.165, 1.54) is 5.56 Å². The molecule has 0 aromatic heterocycles. The highest BCUT2D eigenvalue weighted by Crippen LogP contribution is 2.36. The van der Waals surface area contributed by atoms with Gasteiger partial charge in [-0.2, -0.15) is 0 Å². The van der Waals surface area contributed by atoms with Crippen LogP contribution in [-0.4, -0.2) is 5.11 Å². The van der Waals surface area contributed by atoms with Gasteiger partial charge in [-0.1, -0.05) is 53.2 Å². The largest absolute Gasteiger partial charge is 0.507 e. The van der Waals surface area contributed by atoms with E-state index in [0.29, 0.717) is 11.7 Å². The van der Waals surface area contributed by atoms with Crippen molar-refractivity contribution in [2.24, 2.45) is 5.92 Å². The standard InChI is InChI=1S/C16H26O/c1-7-11(2)10-13-12(3)8-9-14(15(13)17)16(4,5)6/h8-9,11,17H,7,10H2,1-6H3. The molecule has 1 aromatic carbocycles. The molecule has 96 valence electrons. The molecule has 1 heteroatoms. The van der Waals surface area contributed by atoms with Crippen LogP contribution >= 0.6 is 0 Å². The first-order chi connectivity index (χ1) is 7.77. The van der Waals surface area contributed by atoms with Crippen LogP contribution in [0.4, 0.5) is 0 Å². The van der Waals surface area contributed by atoms with Gasteiger partial charge in [-0.05, 0) is 41.4 Å². The number of phenolic OH excluding ortho intramolecular Hbond substituents is 1. The molecule has 0 saturated carbocycles. The van der Waals surface area contributed by atoms with Gasteiger partial charge in [-0.15, -0.1) is 0 Å². The third kappa shape index (κ3) is 3.24. The molecule has 0 fully saturated rings. The maximum Gasteiger partial charge on any atom is 0.122 e. The fraction of sp³-hybridized carbons (Fsp3) is 0.625. The Kier molecular flexibility index (Phi) is 4.24. The first kappa shape index (κ1) is 14.1. The van der Waals surface area contributed by atoms with Gasteiger partial charge < -0.3 is 5.11 Å². The second-order valence-electron chi connectivity index (χ2n) is 6.22. The van der Waals surface area contributed by atoms with E-state index < -0.39 is 0 Å². The summed E-state index contributed by atoms with van der Waals surface area (Å²) in [5, 5.41) is 10.4. The summed E-state index contributed by atoms with van der Waals surface area (Å²) < 4.78 is 0. The number of phenols is 1. The van der Waals surface area contributed by atoms with Gasteiger partial charge in [-0.3, -0.25) is 0 Å². The van der Waals surface area contributed by atoms with Crippen LogP contribution in [0.5, 0.6) is 5.75 Å². The summed E-state index contributed by atoms with van der Waals surface area (Å²) in [5.74, 6) is 1.13. The second-order valence-corrected chi connectivity index (χ2v) is 6.22. The summed E-state index contributed by atoms with van der Waals surface area (Å²) >= 11 is 0. The van der Waals surface area contributed by atoms with Crippen molar-refractivity contribution in [1.29, 1.82) is 0 Å². The molecular formula is C16H26O. The minimum absolute atomic E-state index is 0.00197. The van der Waals surface area contributed by atoms with Crippen LogP contribution in [0.1, 0.15) is 57.7 Å². The summed E-state index contributed by atoms with van der Waals surface area (Å²) in [4.78, 5) is 0. The highest BCUT2D eigenvalue weighted by Gasteiger charge is 2.21. The molecule has 0 bridgehead atoms. The Morgan fingerprint density at radius 2 is 1.82 bits per heavy atom. The van der Waals surface area contributed by atoms with E-state index in [1.807, 2.05) is 0 Å². The van der Waals surface area contributed by atoms with Crippen LogP contribution in [0.15, 0.2) is 12.1 Å². The molecule has 1 aromatic rings. The van der Waals surface area contributed by atoms with E-state index in [1.54, 1.807) is 0 Å². The lowest BCUT2D eigenvalue weighted by atomic mass is 9.82. The minimum Gasteiger partial charge on any atom is -0.507 e. The third-order valence-electron chi connectivity index (χ3n) is 3.57. The SMILES string of the molecule is CCC(C)Cc1c(C)ccc(C(C)(C)C)c1O. The summed E-state index contributed by atoms with van der Waals surface area (Å²) in [7, 11) is 0. The van der Waals surface area contributed by atoms with Gasteiger partial charge in [-0.25, -0.2) is 0 Å². The zero-order valence-corrected chi connectivity index (χ0v) is 12.1. The lowest BCUT2D eigenvalue weighted by Crippen LogP contribution is -2.13. The predicted molar refractivity (Wildman–Crippen MR) is 74.7 cm³/mol. The summed E-state index contributed by atoms with van der Waals surface area (Å²) in [5.41, 5.74) is 3.39. The molecule has 0 aliphatic rings. The molecule has 1 atom stereocenters. The van der Waals surface area contributed by atoms with Gasteiger partial charge in [0.2, 0.25) is 0 Å². The molecule has 0 saturated heterocycles. The van der Waals surface area contributed by atoms with E-state index in [-0.39, 0.29) is 5.41 Å². The number of hydrogen-bond donors (Lipinski definition) is 1. The zero-order valence-electron chi connectivity index (χ0n) is 12.1. The number of benzene rings is 1. The van der Waals surface area contributed by atoms with Gasteiger partial charge in [0.25, 0.3) is 0 Å². The van der Waals surface area contributed by atoms with Crippen molar-refractivity contribution in [2.75, 3.05) is 0 Å². The van der Waals surface area contributed by atoms with Crippen LogP contribution in [0.3, 0.4) is 0 Å². The molecule has 0 radical (unpaired) electrons. The maximum absolute atomic E-state index is 10.4. The van der Waals surface area contributed by atoms with Crippen LogP contribution < -0.4 is 0 Å². The topological polar surface area (TPSA) is 20.2 Å². The summed E-state index contributed by atoms with van der Waals surface area (Å²) in [6.45, 7) is 13.0. The van der Waals surface area contributed by atoms with E-state index in [0.717, 1.165) is 24.0 Å². The van der Waals surface area contributed by atoms with Crippen molar-refractivity contribution in [3.05, 3.63) is 28.8 Å². The molecule has 1 rings (SSSR count). The Balaban J connectivity index is 3.21. The van der Waals surface area contributed by atoms with Crippen LogP contribution in [0.2, 0.25) is 0 Å². The van der Waals surface area contributed by atoms with Gasteiger partial charge in [0, 0.05) is 0 Å². The van der Waals surface area contributed by atoms with Crippen LogP contribution in [0, 0.1) is 12.8 Å². The second kappa shape index (κ2) is 5.12. The van der Waals surface area contributed by atoms with Gasteiger partial charge in [0.05, 0.1) is 0 Å². The summed E-state index contributed by atoms with van der Waals surface area (Å²) in [6, 6.07) is 4.20. The van der Waals surface area contributed by atoms with Crippen molar-refractivity contribution in [2.45, 2.75) is 59.8 Å². The normalized spacial score (nSPS) is 13.8. The first-order valence-corrected chi connectivity index (χ1v) is 6.59. The number of rotatable bonds is 3. The van der Waals surface area contributed by atoms with Crippen molar-refractivity contribution >= 4 is 0 Å². The van der Waals surface area contributed by atoms with Crippen molar-refractivity contribution < 1.29 is 5.11 Å². The fourth-order valence-electron chi connectivity index (χ4n) is 2.09. The molecule has 1 nitrogen and oxygen atoms in total. The molecular weight excluding hydrogens is 208 g/mol. The van der Waals surface area contributed by atoms with Crippen molar-refractivity contribution in [3.8, 4) is 5.75 Å². The molecule has 0 spiro atoms. The monoisotopic (exact) mass is 234 g/mol. The lowest BCUT2D eigenvalue weighted by molar-refractivity contribution is 0.432. The van der Waals surface area contributed by atoms with E-state index in [2.05, 4.69) is 53.7 Å². The van der Waals surface area contributed by atoms with E-state index in [9.17, 15) is 5.11 Å². The third-order valence-corrected chi connectivity index (χ3v) is 3.57. The fourth-order valence-corrected chi connectivity index (χ4v) is 2.09. The van der Waals surface area contributed by atoms with Crippen LogP contribution in [0.25, 0.3) is 0 Å². The highest BCUT2D eigenvalue weighted by atomic mass is 16.3. The Hall–Kier alpha value is -0.980. The Morgan fingerprint density at radius 3 is 2.29 bits per heavy atom. The smallest absolute Gasteiger partial charge is 0.122 e. The van der Waals surface area contributed by atoms with Gasteiger partial charge in [0.15, 0.2) is 0 Å². The molecule has 0 amide bonds. The molecule has 0 heterocycles. The van der Waals surface area contributed by atoms with E-state index in [4.69, 9.17) is 0 Å². The summed E-state index contributed by atoms with van der Waals surface area (Å²) in [6.07, 6.45) is 2.12. The number of aromatic hydroxyl groups is 1. The average Bonchev–Trinajstić information content (AvgIpc) is 2.21. The maximum atomic E-state index is 10.4. The van der Waals surface area contributed by atoms with Gasteiger partial charge in [0.1, 0.15) is 5.75 Å². The van der Waals surface area contributed by atoms with Crippen molar-refractivity contribution in [3.63, 3.8) is 0 Å². The minimum atomic E-state index is 0.00197. The zero-order chi connectivity index (χ0) is 13.2. The molecule has 17 heavy (non-hydrogen) atoms. The average molecular weight is 234 g/mol. The Morgan fingerprint density at radius 1 is 1.24 bits per heavy atom. The number of hydrogen-bond acceptors (Lipinski definition) is 1. The Bertz CT molecular complexity index is 385. The first-order valence-electron chi connectivity index (χ1n) is 6.59. The molecule has 0 aliphatic heterocycles. The molecule has 1 N–H and O–H groups in total. The predicted octanol–water partition coefficient (Wildman–Crippen LogP) is 4.59. The molecule has 0 aliphatic carbocycles. The van der Waals surface area contributed by atoms with Gasteiger partial charge >= 0.3 is 0 Å². The lowest BCUT2D eigenvalue weighted by Gasteiger charge is -2.24.